The summed E-state index contributed by atoms with van der Waals surface area (Å²) in [4.78, 5) is 20.0. The van der Waals surface area contributed by atoms with Crippen LogP contribution in [0.15, 0.2) is 18.3 Å². The number of carbonyl (C=O) groups excluding carboxylic acids is 1. The number of ether oxygens (including phenoxy) is 1. The van der Waals surface area contributed by atoms with Crippen molar-refractivity contribution in [2.75, 3.05) is 0 Å². The van der Waals surface area contributed by atoms with Crippen LogP contribution in [0.1, 0.15) is 42.8 Å². The highest BCUT2D eigenvalue weighted by atomic mass is 19.3. The summed E-state index contributed by atoms with van der Waals surface area (Å²) < 4.78 is 33.8. The second kappa shape index (κ2) is 6.33. The van der Waals surface area contributed by atoms with Crippen LogP contribution in [0.25, 0.3) is 5.95 Å². The third kappa shape index (κ3) is 3.46. The largest absolute Gasteiger partial charge is 0.437 e. The molecule has 2 aromatic heterocycles. The van der Waals surface area contributed by atoms with E-state index >= 15 is 0 Å². The van der Waals surface area contributed by atoms with Crippen LogP contribution in [-0.2, 0) is 10.3 Å². The van der Waals surface area contributed by atoms with Crippen molar-refractivity contribution < 1.29 is 18.3 Å². The predicted octanol–water partition coefficient (Wildman–Crippen LogP) is 2.34. The van der Waals surface area contributed by atoms with Crippen molar-refractivity contribution in [3.63, 3.8) is 0 Å². The standard InChI is InChI=1S/C16H16F2N6O2/c1-10-8-12(22-14(21-10)24-7-2-11(9-19)23-24)15(26-13(20)25)3-5-16(17,18)6-4-15/h2,7-8H,3-6H2,1H3,(H2,20,25). The molecule has 1 saturated carbocycles. The normalized spacial score (nSPS) is 18.1. The fourth-order valence-corrected chi connectivity index (χ4v) is 3.01. The molecule has 0 atom stereocenters. The molecule has 2 aromatic rings. The lowest BCUT2D eigenvalue weighted by Crippen LogP contribution is -2.42. The fraction of sp³-hybridized carbons (Fsp3) is 0.438. The SMILES string of the molecule is Cc1cc(C2(OC(N)=O)CCC(F)(F)CC2)nc(-n2ccc(C#N)n2)n1. The fourth-order valence-electron chi connectivity index (χ4n) is 3.01. The van der Waals surface area contributed by atoms with Crippen molar-refractivity contribution in [3.8, 4) is 12.0 Å². The van der Waals surface area contributed by atoms with E-state index in [1.54, 1.807) is 13.0 Å². The van der Waals surface area contributed by atoms with E-state index in [0.29, 0.717) is 5.69 Å². The Morgan fingerprint density at radius 2 is 2.04 bits per heavy atom. The van der Waals surface area contributed by atoms with E-state index in [1.165, 1.54) is 16.9 Å². The molecule has 8 nitrogen and oxygen atoms in total. The maximum absolute atomic E-state index is 13.6. The van der Waals surface area contributed by atoms with Gasteiger partial charge in [-0.1, -0.05) is 0 Å². The second-order valence-electron chi connectivity index (χ2n) is 6.22. The van der Waals surface area contributed by atoms with Crippen LogP contribution in [0.5, 0.6) is 0 Å². The van der Waals surface area contributed by atoms with Crippen molar-refractivity contribution in [3.05, 3.63) is 35.4 Å². The molecule has 1 amide bonds. The number of hydrogen-bond acceptors (Lipinski definition) is 6. The third-order valence-electron chi connectivity index (χ3n) is 4.30. The van der Waals surface area contributed by atoms with E-state index in [1.807, 2.05) is 6.07 Å². The van der Waals surface area contributed by atoms with Crippen LogP contribution in [0.3, 0.4) is 0 Å². The molecule has 0 saturated heterocycles. The highest BCUT2D eigenvalue weighted by Crippen LogP contribution is 2.45. The smallest absolute Gasteiger partial charge is 0.405 e. The van der Waals surface area contributed by atoms with Crippen LogP contribution in [0, 0.1) is 18.3 Å². The Labute approximate surface area is 147 Å². The van der Waals surface area contributed by atoms with Gasteiger partial charge in [-0.15, -0.1) is 0 Å². The number of rotatable bonds is 3. The molecule has 1 aliphatic carbocycles. The van der Waals surface area contributed by atoms with Crippen LogP contribution in [0.2, 0.25) is 0 Å². The van der Waals surface area contributed by atoms with Gasteiger partial charge in [-0.25, -0.2) is 28.2 Å². The molecule has 0 bridgehead atoms. The molecule has 0 spiro atoms. The topological polar surface area (TPSA) is 120 Å². The molecule has 136 valence electrons. The Balaban J connectivity index is 2.04. The maximum Gasteiger partial charge on any atom is 0.405 e. The van der Waals surface area contributed by atoms with Gasteiger partial charge < -0.3 is 10.5 Å². The molecule has 26 heavy (non-hydrogen) atoms. The number of carbonyl (C=O) groups is 1. The van der Waals surface area contributed by atoms with Crippen molar-refractivity contribution in [2.24, 2.45) is 5.73 Å². The molecule has 1 fully saturated rings. The van der Waals surface area contributed by atoms with Gasteiger partial charge in [0.05, 0.1) is 5.69 Å². The van der Waals surface area contributed by atoms with E-state index in [0.717, 1.165) is 0 Å². The number of halogens is 2. The summed E-state index contributed by atoms with van der Waals surface area (Å²) in [6, 6.07) is 4.96. The van der Waals surface area contributed by atoms with E-state index < -0.39 is 30.5 Å². The van der Waals surface area contributed by atoms with Gasteiger partial charge in [0.15, 0.2) is 11.3 Å². The van der Waals surface area contributed by atoms with Crippen molar-refractivity contribution in [1.82, 2.24) is 19.7 Å². The molecular weight excluding hydrogens is 346 g/mol. The zero-order chi connectivity index (χ0) is 18.9. The summed E-state index contributed by atoms with van der Waals surface area (Å²) in [5.41, 5.74) is 4.82. The Hall–Kier alpha value is -3.09. The van der Waals surface area contributed by atoms with Gasteiger partial charge in [0, 0.05) is 24.7 Å². The summed E-state index contributed by atoms with van der Waals surface area (Å²) in [5, 5.41) is 12.9. The number of hydrogen-bond donors (Lipinski definition) is 1. The summed E-state index contributed by atoms with van der Waals surface area (Å²) >= 11 is 0. The molecule has 1 aliphatic rings. The average molecular weight is 362 g/mol. The Morgan fingerprint density at radius 3 is 2.62 bits per heavy atom. The van der Waals surface area contributed by atoms with Crippen LogP contribution in [0.4, 0.5) is 13.6 Å². The number of nitrogens with two attached hydrogens (primary N) is 1. The maximum atomic E-state index is 13.6. The molecule has 0 radical (unpaired) electrons. The second-order valence-corrected chi connectivity index (χ2v) is 6.22. The first-order valence-electron chi connectivity index (χ1n) is 7.92. The number of nitrogens with zero attached hydrogens (tertiary/aromatic N) is 5. The lowest BCUT2D eigenvalue weighted by atomic mass is 9.80. The van der Waals surface area contributed by atoms with Gasteiger partial charge >= 0.3 is 6.09 Å². The highest BCUT2D eigenvalue weighted by molar-refractivity contribution is 5.65. The lowest BCUT2D eigenvalue weighted by molar-refractivity contribution is -0.110. The van der Waals surface area contributed by atoms with Crippen LogP contribution in [-0.4, -0.2) is 31.8 Å². The monoisotopic (exact) mass is 362 g/mol. The number of primary amides is 1. The minimum Gasteiger partial charge on any atom is -0.437 e. The lowest BCUT2D eigenvalue weighted by Gasteiger charge is -2.38. The molecule has 0 aliphatic heterocycles. The number of aryl methyl sites for hydroxylation is 1. The summed E-state index contributed by atoms with van der Waals surface area (Å²) in [6.07, 6.45) is -0.659. The minimum atomic E-state index is -2.82. The van der Waals surface area contributed by atoms with Gasteiger partial charge in [0.25, 0.3) is 5.95 Å². The minimum absolute atomic E-state index is 0.110. The van der Waals surface area contributed by atoms with Crippen molar-refractivity contribution >= 4 is 6.09 Å². The zero-order valence-corrected chi connectivity index (χ0v) is 13.9. The summed E-state index contributed by atoms with van der Waals surface area (Å²) in [5.74, 6) is -2.68. The predicted molar refractivity (Wildman–Crippen MR) is 84.4 cm³/mol. The molecule has 10 heteroatoms. The Bertz CT molecular complexity index is 879. The van der Waals surface area contributed by atoms with E-state index in [-0.39, 0.29) is 30.2 Å². The van der Waals surface area contributed by atoms with Crippen LogP contribution >= 0.6 is 0 Å². The molecule has 3 rings (SSSR count). The van der Waals surface area contributed by atoms with Gasteiger partial charge in [-0.2, -0.15) is 10.4 Å². The molecule has 2 N–H and O–H groups in total. The van der Waals surface area contributed by atoms with E-state index in [2.05, 4.69) is 15.1 Å². The van der Waals surface area contributed by atoms with Gasteiger partial charge in [0.1, 0.15) is 6.07 Å². The Morgan fingerprint density at radius 1 is 1.35 bits per heavy atom. The first-order valence-corrected chi connectivity index (χ1v) is 7.92. The Kier molecular flexibility index (Phi) is 4.31. The average Bonchev–Trinajstić information content (AvgIpc) is 3.05. The molecular formula is C16H16F2N6O2. The molecule has 0 unspecified atom stereocenters. The zero-order valence-electron chi connectivity index (χ0n) is 13.9. The van der Waals surface area contributed by atoms with E-state index in [9.17, 15) is 13.6 Å². The summed E-state index contributed by atoms with van der Waals surface area (Å²) in [6.45, 7) is 1.69. The molecule has 2 heterocycles. The number of nitriles is 1. The third-order valence-corrected chi connectivity index (χ3v) is 4.30. The quantitative estimate of drug-likeness (QED) is 0.895. The van der Waals surface area contributed by atoms with Crippen molar-refractivity contribution in [2.45, 2.75) is 44.1 Å². The van der Waals surface area contributed by atoms with Gasteiger partial charge in [-0.3, -0.25) is 0 Å². The summed E-state index contributed by atoms with van der Waals surface area (Å²) in [7, 11) is 0. The number of aromatic nitrogens is 4. The van der Waals surface area contributed by atoms with Crippen molar-refractivity contribution in [1.29, 1.82) is 5.26 Å². The van der Waals surface area contributed by atoms with Gasteiger partial charge in [0.2, 0.25) is 5.92 Å². The first kappa shape index (κ1) is 17.7. The highest BCUT2D eigenvalue weighted by Gasteiger charge is 2.48. The van der Waals surface area contributed by atoms with Crippen LogP contribution < -0.4 is 5.73 Å². The molecule has 0 aromatic carbocycles. The van der Waals surface area contributed by atoms with E-state index in [4.69, 9.17) is 15.7 Å². The first-order chi connectivity index (χ1) is 12.2. The number of amides is 1. The number of alkyl halides is 2. The van der Waals surface area contributed by atoms with Gasteiger partial charge in [-0.05, 0) is 31.9 Å².